The predicted molar refractivity (Wildman–Crippen MR) is 89.6 cm³/mol. The molecule has 0 N–H and O–H groups in total. The zero-order valence-electron chi connectivity index (χ0n) is 12.1. The SMILES string of the molecule is Cl.N#CCN(CCc1ccccc1)CCc1ccccc1. The number of nitrogens with zero attached hydrogens (tertiary/aromatic N) is 2. The summed E-state index contributed by atoms with van der Waals surface area (Å²) < 4.78 is 0. The van der Waals surface area contributed by atoms with Crippen molar-refractivity contribution in [2.24, 2.45) is 0 Å². The molecular formula is C18H21ClN2. The predicted octanol–water partition coefficient (Wildman–Crippen LogP) is 3.72. The van der Waals surface area contributed by atoms with E-state index in [-0.39, 0.29) is 12.4 Å². The Labute approximate surface area is 133 Å². The van der Waals surface area contributed by atoms with E-state index in [0.29, 0.717) is 6.54 Å². The minimum atomic E-state index is 0. The molecule has 0 aliphatic rings. The summed E-state index contributed by atoms with van der Waals surface area (Å²) in [4.78, 5) is 2.22. The van der Waals surface area contributed by atoms with Crippen molar-refractivity contribution >= 4 is 12.4 Å². The van der Waals surface area contributed by atoms with Crippen LogP contribution in [0.4, 0.5) is 0 Å². The van der Waals surface area contributed by atoms with E-state index in [1.165, 1.54) is 11.1 Å². The molecule has 0 unspecified atom stereocenters. The Morgan fingerprint density at radius 3 is 1.57 bits per heavy atom. The maximum absolute atomic E-state index is 8.94. The summed E-state index contributed by atoms with van der Waals surface area (Å²) >= 11 is 0. The Morgan fingerprint density at radius 2 is 1.19 bits per heavy atom. The molecule has 2 aromatic carbocycles. The topological polar surface area (TPSA) is 27.0 Å². The Hall–Kier alpha value is -1.82. The van der Waals surface area contributed by atoms with Gasteiger partial charge in [0.2, 0.25) is 0 Å². The maximum atomic E-state index is 8.94. The van der Waals surface area contributed by atoms with Gasteiger partial charge in [-0.3, -0.25) is 4.90 Å². The molecule has 0 heterocycles. The smallest absolute Gasteiger partial charge is 0.0866 e. The molecule has 0 fully saturated rings. The van der Waals surface area contributed by atoms with Crippen molar-refractivity contribution < 1.29 is 0 Å². The van der Waals surface area contributed by atoms with Crippen LogP contribution in [-0.2, 0) is 12.8 Å². The second-order valence-electron chi connectivity index (χ2n) is 4.91. The number of nitriles is 1. The first-order valence-electron chi connectivity index (χ1n) is 7.05. The molecule has 2 rings (SSSR count). The highest BCUT2D eigenvalue weighted by Crippen LogP contribution is 2.04. The van der Waals surface area contributed by atoms with Crippen molar-refractivity contribution in [2.45, 2.75) is 12.8 Å². The molecular weight excluding hydrogens is 280 g/mol. The summed E-state index contributed by atoms with van der Waals surface area (Å²) in [7, 11) is 0. The largest absolute Gasteiger partial charge is 0.290 e. The molecule has 0 spiro atoms. The first-order chi connectivity index (χ1) is 9.88. The fourth-order valence-electron chi connectivity index (χ4n) is 2.23. The van der Waals surface area contributed by atoms with Crippen LogP contribution in [0.5, 0.6) is 0 Å². The number of halogens is 1. The third-order valence-electron chi connectivity index (χ3n) is 3.41. The minimum absolute atomic E-state index is 0. The Kier molecular flexibility index (Phi) is 8.19. The highest BCUT2D eigenvalue weighted by molar-refractivity contribution is 5.85. The molecule has 110 valence electrons. The third kappa shape index (κ3) is 6.44. The van der Waals surface area contributed by atoms with Gasteiger partial charge in [0.05, 0.1) is 12.6 Å². The molecule has 0 bridgehead atoms. The lowest BCUT2D eigenvalue weighted by Crippen LogP contribution is -2.28. The highest BCUT2D eigenvalue weighted by atomic mass is 35.5. The van der Waals surface area contributed by atoms with Crippen LogP contribution in [0.1, 0.15) is 11.1 Å². The molecule has 0 aliphatic heterocycles. The Bertz CT molecular complexity index is 491. The lowest BCUT2D eigenvalue weighted by Gasteiger charge is -2.19. The monoisotopic (exact) mass is 300 g/mol. The van der Waals surface area contributed by atoms with Crippen molar-refractivity contribution in [1.29, 1.82) is 5.26 Å². The number of rotatable bonds is 7. The second-order valence-corrected chi connectivity index (χ2v) is 4.91. The average molecular weight is 301 g/mol. The van der Waals surface area contributed by atoms with Crippen LogP contribution in [0.15, 0.2) is 60.7 Å². The lowest BCUT2D eigenvalue weighted by atomic mass is 10.1. The molecule has 2 nitrogen and oxygen atoms in total. The van der Waals surface area contributed by atoms with Gasteiger partial charge in [0.1, 0.15) is 0 Å². The molecule has 2 aromatic rings. The fourth-order valence-corrected chi connectivity index (χ4v) is 2.23. The molecule has 0 amide bonds. The van der Waals surface area contributed by atoms with E-state index in [4.69, 9.17) is 5.26 Å². The summed E-state index contributed by atoms with van der Waals surface area (Å²) in [6.45, 7) is 2.37. The lowest BCUT2D eigenvalue weighted by molar-refractivity contribution is 0.313. The Balaban J connectivity index is 0.00000220. The first kappa shape index (κ1) is 17.2. The van der Waals surface area contributed by atoms with Crippen molar-refractivity contribution in [3.8, 4) is 6.07 Å². The van der Waals surface area contributed by atoms with E-state index in [9.17, 15) is 0 Å². The normalized spacial score (nSPS) is 9.90. The van der Waals surface area contributed by atoms with Crippen LogP contribution in [0.25, 0.3) is 0 Å². The van der Waals surface area contributed by atoms with Crippen molar-refractivity contribution in [3.05, 3.63) is 71.8 Å². The van der Waals surface area contributed by atoms with Crippen LogP contribution in [0.2, 0.25) is 0 Å². The maximum Gasteiger partial charge on any atom is 0.0866 e. The van der Waals surface area contributed by atoms with E-state index in [1.54, 1.807) is 0 Å². The summed E-state index contributed by atoms with van der Waals surface area (Å²) in [6, 6.07) is 23.1. The summed E-state index contributed by atoms with van der Waals surface area (Å²) in [5, 5.41) is 8.94. The number of hydrogen-bond donors (Lipinski definition) is 0. The fraction of sp³-hybridized carbons (Fsp3) is 0.278. The number of benzene rings is 2. The molecule has 0 saturated carbocycles. The van der Waals surface area contributed by atoms with Gasteiger partial charge in [0.15, 0.2) is 0 Å². The van der Waals surface area contributed by atoms with E-state index in [2.05, 4.69) is 59.5 Å². The van der Waals surface area contributed by atoms with E-state index >= 15 is 0 Å². The van der Waals surface area contributed by atoms with Gasteiger partial charge >= 0.3 is 0 Å². The quantitative estimate of drug-likeness (QED) is 0.729. The summed E-state index contributed by atoms with van der Waals surface area (Å²) in [5.41, 5.74) is 2.66. The van der Waals surface area contributed by atoms with Crippen LogP contribution in [0, 0.1) is 11.3 Å². The van der Waals surface area contributed by atoms with Crippen LogP contribution in [0.3, 0.4) is 0 Å². The average Bonchev–Trinajstić information content (AvgIpc) is 2.52. The zero-order valence-corrected chi connectivity index (χ0v) is 12.9. The standard InChI is InChI=1S/C18H20N2.ClH/c19-13-16-20(14-11-17-7-3-1-4-8-17)15-12-18-9-5-2-6-10-18;/h1-10H,11-12,14-16H2;1H. The van der Waals surface area contributed by atoms with Crippen LogP contribution >= 0.6 is 12.4 Å². The van der Waals surface area contributed by atoms with Crippen molar-refractivity contribution in [1.82, 2.24) is 4.90 Å². The minimum Gasteiger partial charge on any atom is -0.290 e. The van der Waals surface area contributed by atoms with Gasteiger partial charge in [-0.15, -0.1) is 12.4 Å². The van der Waals surface area contributed by atoms with E-state index in [1.807, 2.05) is 12.1 Å². The van der Waals surface area contributed by atoms with Gasteiger partial charge in [-0.25, -0.2) is 0 Å². The summed E-state index contributed by atoms with van der Waals surface area (Å²) in [5.74, 6) is 0. The van der Waals surface area contributed by atoms with Crippen molar-refractivity contribution in [3.63, 3.8) is 0 Å². The highest BCUT2D eigenvalue weighted by Gasteiger charge is 2.05. The third-order valence-corrected chi connectivity index (χ3v) is 3.41. The van der Waals surface area contributed by atoms with Gasteiger partial charge in [-0.2, -0.15) is 5.26 Å². The Morgan fingerprint density at radius 1 is 0.762 bits per heavy atom. The first-order valence-corrected chi connectivity index (χ1v) is 7.05. The molecule has 0 saturated heterocycles. The van der Waals surface area contributed by atoms with Crippen LogP contribution in [-0.4, -0.2) is 24.5 Å². The van der Waals surface area contributed by atoms with Gasteiger partial charge < -0.3 is 0 Å². The van der Waals surface area contributed by atoms with Crippen molar-refractivity contribution in [2.75, 3.05) is 19.6 Å². The molecule has 3 heteroatoms. The van der Waals surface area contributed by atoms with Crippen LogP contribution < -0.4 is 0 Å². The second kappa shape index (κ2) is 9.99. The molecule has 0 aliphatic carbocycles. The van der Waals surface area contributed by atoms with E-state index in [0.717, 1.165) is 25.9 Å². The summed E-state index contributed by atoms with van der Waals surface area (Å²) in [6.07, 6.45) is 1.99. The molecule has 0 atom stereocenters. The number of hydrogen-bond acceptors (Lipinski definition) is 2. The van der Waals surface area contributed by atoms with Gasteiger partial charge in [-0.05, 0) is 24.0 Å². The van der Waals surface area contributed by atoms with Gasteiger partial charge in [0.25, 0.3) is 0 Å². The van der Waals surface area contributed by atoms with Gasteiger partial charge in [0, 0.05) is 13.1 Å². The van der Waals surface area contributed by atoms with Gasteiger partial charge in [-0.1, -0.05) is 60.7 Å². The van der Waals surface area contributed by atoms with E-state index < -0.39 is 0 Å². The molecule has 21 heavy (non-hydrogen) atoms. The molecule has 0 aromatic heterocycles. The molecule has 0 radical (unpaired) electrons. The zero-order chi connectivity index (χ0) is 14.0.